The average Bonchev–Trinajstić information content (AvgIpc) is 2.94. The Hall–Kier alpha value is -2.25. The molecule has 4 rings (SSSR count). The highest BCUT2D eigenvalue weighted by atomic mass is 35.5. The largest absolute Gasteiger partial charge is 0.464 e. The first-order valence-corrected chi connectivity index (χ1v) is 6.85. The summed E-state index contributed by atoms with van der Waals surface area (Å²) in [4.78, 5) is 0. The van der Waals surface area contributed by atoms with E-state index >= 15 is 0 Å². The molecule has 1 aromatic heterocycles. The van der Waals surface area contributed by atoms with Gasteiger partial charge in [-0.1, -0.05) is 41.9 Å². The third-order valence-corrected chi connectivity index (χ3v) is 3.84. The summed E-state index contributed by atoms with van der Waals surface area (Å²) in [5, 5.41) is 4.23. The summed E-state index contributed by atoms with van der Waals surface area (Å²) < 4.78 is 5.47. The molecule has 0 fully saturated rings. The van der Waals surface area contributed by atoms with Gasteiger partial charge in [0.15, 0.2) is 0 Å². The third kappa shape index (κ3) is 1.79. The van der Waals surface area contributed by atoms with Crippen LogP contribution >= 0.6 is 11.6 Å². The first kappa shape index (κ1) is 11.6. The van der Waals surface area contributed by atoms with Gasteiger partial charge in [-0.2, -0.15) is 0 Å². The van der Waals surface area contributed by atoms with Gasteiger partial charge in [0.2, 0.25) is 0 Å². The van der Waals surface area contributed by atoms with Gasteiger partial charge in [-0.15, -0.1) is 0 Å². The summed E-state index contributed by atoms with van der Waals surface area (Å²) in [6, 6.07) is 20.5. The van der Waals surface area contributed by atoms with Gasteiger partial charge >= 0.3 is 0 Å². The van der Waals surface area contributed by atoms with Gasteiger partial charge in [0.25, 0.3) is 0 Å². The molecule has 0 saturated heterocycles. The number of benzene rings is 3. The molecule has 0 amide bonds. The lowest BCUT2D eigenvalue weighted by Crippen LogP contribution is -1.80. The molecule has 0 N–H and O–H groups in total. The van der Waals surface area contributed by atoms with E-state index in [1.54, 1.807) is 6.26 Å². The van der Waals surface area contributed by atoms with Crippen molar-refractivity contribution in [3.63, 3.8) is 0 Å². The zero-order valence-electron chi connectivity index (χ0n) is 10.6. The predicted octanol–water partition coefficient (Wildman–Crippen LogP) is 5.91. The van der Waals surface area contributed by atoms with Crippen LogP contribution in [0.2, 0.25) is 5.02 Å². The Kier molecular flexibility index (Phi) is 2.54. The predicted molar refractivity (Wildman–Crippen MR) is 84.2 cm³/mol. The zero-order valence-corrected chi connectivity index (χ0v) is 11.4. The minimum atomic E-state index is 0.760. The van der Waals surface area contributed by atoms with Crippen LogP contribution in [0.4, 0.5) is 0 Å². The van der Waals surface area contributed by atoms with Crippen molar-refractivity contribution in [1.29, 1.82) is 0 Å². The molecular formula is C18H11ClO. The van der Waals surface area contributed by atoms with Crippen molar-refractivity contribution in [2.45, 2.75) is 0 Å². The van der Waals surface area contributed by atoms with Crippen LogP contribution in [0.25, 0.3) is 32.9 Å². The molecule has 0 spiro atoms. The lowest BCUT2D eigenvalue weighted by molar-refractivity contribution is 0.616. The maximum Gasteiger partial charge on any atom is 0.134 e. The molecule has 0 radical (unpaired) electrons. The third-order valence-electron chi connectivity index (χ3n) is 3.61. The van der Waals surface area contributed by atoms with Gasteiger partial charge in [-0.25, -0.2) is 0 Å². The smallest absolute Gasteiger partial charge is 0.134 e. The number of fused-ring (bicyclic) bond motifs is 2. The van der Waals surface area contributed by atoms with Crippen molar-refractivity contribution in [3.05, 3.63) is 71.9 Å². The second kappa shape index (κ2) is 4.39. The van der Waals surface area contributed by atoms with E-state index in [9.17, 15) is 0 Å². The topological polar surface area (TPSA) is 13.1 Å². The van der Waals surface area contributed by atoms with Crippen LogP contribution in [-0.4, -0.2) is 0 Å². The molecule has 1 heterocycles. The second-order valence-electron chi connectivity index (χ2n) is 4.84. The van der Waals surface area contributed by atoms with Crippen LogP contribution in [-0.2, 0) is 0 Å². The Labute approximate surface area is 121 Å². The van der Waals surface area contributed by atoms with E-state index in [1.165, 1.54) is 16.5 Å². The first-order chi connectivity index (χ1) is 9.81. The van der Waals surface area contributed by atoms with Crippen LogP contribution < -0.4 is 0 Å². The highest BCUT2D eigenvalue weighted by Crippen LogP contribution is 2.31. The van der Waals surface area contributed by atoms with Crippen LogP contribution in [0.3, 0.4) is 0 Å². The quantitative estimate of drug-likeness (QED) is 0.422. The SMILES string of the molecule is Clc1ccc2ccc(-c3cccc4occc34)cc2c1. The molecule has 0 bridgehead atoms. The number of rotatable bonds is 1. The van der Waals surface area contributed by atoms with Gasteiger partial charge < -0.3 is 4.42 Å². The van der Waals surface area contributed by atoms with Crippen LogP contribution in [0.5, 0.6) is 0 Å². The number of furan rings is 1. The lowest BCUT2D eigenvalue weighted by Gasteiger charge is -2.06. The monoisotopic (exact) mass is 278 g/mol. The van der Waals surface area contributed by atoms with E-state index in [1.807, 2.05) is 36.4 Å². The van der Waals surface area contributed by atoms with Gasteiger partial charge in [0.05, 0.1) is 6.26 Å². The molecule has 1 nitrogen and oxygen atoms in total. The molecule has 20 heavy (non-hydrogen) atoms. The minimum Gasteiger partial charge on any atom is -0.464 e. The van der Waals surface area contributed by atoms with E-state index < -0.39 is 0 Å². The molecule has 96 valence electrons. The van der Waals surface area contributed by atoms with Crippen molar-refractivity contribution in [2.24, 2.45) is 0 Å². The highest BCUT2D eigenvalue weighted by Gasteiger charge is 2.06. The van der Waals surface area contributed by atoms with Crippen molar-refractivity contribution < 1.29 is 4.42 Å². The summed E-state index contributed by atoms with van der Waals surface area (Å²) in [6.07, 6.45) is 1.73. The van der Waals surface area contributed by atoms with E-state index in [-0.39, 0.29) is 0 Å². The Bertz CT molecular complexity index is 921. The Morgan fingerprint density at radius 3 is 2.65 bits per heavy atom. The lowest BCUT2D eigenvalue weighted by atomic mass is 9.99. The van der Waals surface area contributed by atoms with E-state index in [0.717, 1.165) is 21.4 Å². The molecule has 0 atom stereocenters. The van der Waals surface area contributed by atoms with Gasteiger partial charge in [-0.05, 0) is 52.2 Å². The maximum atomic E-state index is 6.08. The van der Waals surface area contributed by atoms with Crippen molar-refractivity contribution in [3.8, 4) is 11.1 Å². The van der Waals surface area contributed by atoms with Crippen LogP contribution in [0.15, 0.2) is 71.3 Å². The average molecular weight is 279 g/mol. The first-order valence-electron chi connectivity index (χ1n) is 6.47. The molecule has 3 aromatic carbocycles. The fraction of sp³-hybridized carbons (Fsp3) is 0. The van der Waals surface area contributed by atoms with Crippen molar-refractivity contribution in [1.82, 2.24) is 0 Å². The molecule has 0 aliphatic rings. The number of halogens is 1. The highest BCUT2D eigenvalue weighted by molar-refractivity contribution is 6.31. The molecule has 0 unspecified atom stereocenters. The normalized spacial score (nSPS) is 11.2. The Balaban J connectivity index is 2.00. The molecular weight excluding hydrogens is 268 g/mol. The summed E-state index contributed by atoms with van der Waals surface area (Å²) >= 11 is 6.08. The van der Waals surface area contributed by atoms with E-state index in [4.69, 9.17) is 16.0 Å². The Morgan fingerprint density at radius 1 is 0.800 bits per heavy atom. The van der Waals surface area contributed by atoms with Crippen molar-refractivity contribution in [2.75, 3.05) is 0 Å². The minimum absolute atomic E-state index is 0.760. The summed E-state index contributed by atoms with van der Waals surface area (Å²) in [6.45, 7) is 0. The van der Waals surface area contributed by atoms with E-state index in [2.05, 4.69) is 24.3 Å². The number of hydrogen-bond donors (Lipinski definition) is 0. The number of hydrogen-bond acceptors (Lipinski definition) is 1. The Morgan fingerprint density at radius 2 is 1.70 bits per heavy atom. The molecule has 0 saturated carbocycles. The fourth-order valence-electron chi connectivity index (χ4n) is 2.63. The van der Waals surface area contributed by atoms with Crippen LogP contribution in [0.1, 0.15) is 0 Å². The fourth-order valence-corrected chi connectivity index (χ4v) is 2.81. The zero-order chi connectivity index (χ0) is 13.5. The summed E-state index contributed by atoms with van der Waals surface area (Å²) in [5.74, 6) is 0. The second-order valence-corrected chi connectivity index (χ2v) is 5.28. The van der Waals surface area contributed by atoms with Crippen molar-refractivity contribution >= 4 is 33.3 Å². The summed E-state index contributed by atoms with van der Waals surface area (Å²) in [5.41, 5.74) is 3.26. The summed E-state index contributed by atoms with van der Waals surface area (Å²) in [7, 11) is 0. The van der Waals surface area contributed by atoms with Crippen LogP contribution in [0, 0.1) is 0 Å². The standard InChI is InChI=1S/C18H11ClO/c19-15-7-6-12-4-5-13(10-14(12)11-15)16-2-1-3-18-17(16)8-9-20-18/h1-11H. The molecule has 0 aliphatic heterocycles. The molecule has 4 aromatic rings. The van der Waals surface area contributed by atoms with Gasteiger partial charge in [0, 0.05) is 10.4 Å². The molecule has 0 aliphatic carbocycles. The molecule has 2 heteroatoms. The van der Waals surface area contributed by atoms with E-state index in [0.29, 0.717) is 0 Å². The van der Waals surface area contributed by atoms with Gasteiger partial charge in [0.1, 0.15) is 5.58 Å². The maximum absolute atomic E-state index is 6.08. The van der Waals surface area contributed by atoms with Gasteiger partial charge in [-0.3, -0.25) is 0 Å².